The van der Waals surface area contributed by atoms with Crippen LogP contribution in [0, 0.1) is 0 Å². The molecule has 0 saturated carbocycles. The van der Waals surface area contributed by atoms with Gasteiger partial charge < -0.3 is 15.4 Å². The van der Waals surface area contributed by atoms with Gasteiger partial charge >= 0.3 is 6.18 Å². The minimum atomic E-state index is -4.35. The van der Waals surface area contributed by atoms with E-state index in [1.54, 1.807) is 24.3 Å². The third-order valence-corrected chi connectivity index (χ3v) is 3.10. The number of alkyl halides is 3. The fourth-order valence-electron chi connectivity index (χ4n) is 1.84. The van der Waals surface area contributed by atoms with Crippen LogP contribution in [0.3, 0.4) is 0 Å². The minimum absolute atomic E-state index is 0.286. The maximum absolute atomic E-state index is 12.5. The molecule has 0 heterocycles. The topological polar surface area (TPSA) is 33.3 Å². The van der Waals surface area contributed by atoms with Gasteiger partial charge in [0, 0.05) is 11.4 Å². The lowest BCUT2D eigenvalue weighted by Gasteiger charge is -2.12. The first kappa shape index (κ1) is 17.1. The molecule has 0 unspecified atom stereocenters. The van der Waals surface area contributed by atoms with Crippen LogP contribution < -0.4 is 15.4 Å². The van der Waals surface area contributed by atoms with Crippen LogP contribution in [0.2, 0.25) is 0 Å². The Kier molecular flexibility index (Phi) is 5.44. The smallest absolute Gasteiger partial charge is 0.416 e. The number of hydrogen-bond acceptors (Lipinski definition) is 2. The molecule has 7 heteroatoms. The highest BCUT2D eigenvalue weighted by Gasteiger charge is 2.29. The zero-order valence-electron chi connectivity index (χ0n) is 12.3. The molecule has 0 aliphatic carbocycles. The first-order valence-electron chi connectivity index (χ1n) is 6.86. The van der Waals surface area contributed by atoms with Crippen LogP contribution >= 0.6 is 12.2 Å². The van der Waals surface area contributed by atoms with Crippen LogP contribution in [0.25, 0.3) is 0 Å². The van der Waals surface area contributed by atoms with Crippen LogP contribution in [0.4, 0.5) is 24.5 Å². The van der Waals surface area contributed by atoms with Crippen LogP contribution in [-0.4, -0.2) is 11.7 Å². The van der Waals surface area contributed by atoms with Crippen molar-refractivity contribution in [1.82, 2.24) is 0 Å². The van der Waals surface area contributed by atoms with Crippen LogP contribution in [0.15, 0.2) is 48.5 Å². The van der Waals surface area contributed by atoms with E-state index in [1.165, 1.54) is 12.1 Å². The van der Waals surface area contributed by atoms with Crippen molar-refractivity contribution in [2.45, 2.75) is 13.1 Å². The average molecular weight is 340 g/mol. The van der Waals surface area contributed by atoms with Gasteiger partial charge in [-0.05, 0) is 67.7 Å². The van der Waals surface area contributed by atoms with Gasteiger partial charge in [-0.25, -0.2) is 0 Å². The van der Waals surface area contributed by atoms with Crippen LogP contribution in [0.5, 0.6) is 5.75 Å². The number of nitrogens with one attached hydrogen (secondary N) is 2. The molecule has 0 spiro atoms. The zero-order chi connectivity index (χ0) is 16.9. The standard InChI is InChI=1S/C16H15F3N2OS/c1-2-22-14-9-7-13(8-10-14)21-15(23)20-12-5-3-11(4-6-12)16(17,18)19/h3-10H,2H2,1H3,(H2,20,21,23). The van der Waals surface area contributed by atoms with Gasteiger partial charge in [0.1, 0.15) is 5.75 Å². The van der Waals surface area contributed by atoms with Gasteiger partial charge in [0.15, 0.2) is 5.11 Å². The van der Waals surface area contributed by atoms with E-state index in [1.807, 2.05) is 6.92 Å². The molecule has 3 nitrogen and oxygen atoms in total. The van der Waals surface area contributed by atoms with E-state index in [4.69, 9.17) is 17.0 Å². The predicted molar refractivity (Wildman–Crippen MR) is 88.9 cm³/mol. The minimum Gasteiger partial charge on any atom is -0.494 e. The van der Waals surface area contributed by atoms with Crippen LogP contribution in [-0.2, 0) is 6.18 Å². The second-order valence-electron chi connectivity index (χ2n) is 4.61. The summed E-state index contributed by atoms with van der Waals surface area (Å²) in [5, 5.41) is 6.06. The summed E-state index contributed by atoms with van der Waals surface area (Å²) in [7, 11) is 0. The van der Waals surface area contributed by atoms with Gasteiger partial charge in [-0.1, -0.05) is 0 Å². The summed E-state index contributed by atoms with van der Waals surface area (Å²) in [6, 6.07) is 11.9. The molecule has 0 aliphatic rings. The molecule has 23 heavy (non-hydrogen) atoms. The highest BCUT2D eigenvalue weighted by molar-refractivity contribution is 7.80. The normalized spacial score (nSPS) is 11.0. The van der Waals surface area contributed by atoms with Gasteiger partial charge in [-0.2, -0.15) is 13.2 Å². The molecule has 0 saturated heterocycles. The molecule has 0 bridgehead atoms. The molecule has 0 radical (unpaired) electrons. The number of halogens is 3. The average Bonchev–Trinajstić information content (AvgIpc) is 2.49. The zero-order valence-corrected chi connectivity index (χ0v) is 13.1. The van der Waals surface area contributed by atoms with Crippen molar-refractivity contribution in [3.05, 3.63) is 54.1 Å². The van der Waals surface area contributed by atoms with Gasteiger partial charge in [-0.15, -0.1) is 0 Å². The lowest BCUT2D eigenvalue weighted by molar-refractivity contribution is -0.137. The fourth-order valence-corrected chi connectivity index (χ4v) is 2.07. The molecule has 0 aromatic heterocycles. The second kappa shape index (κ2) is 7.32. The number of rotatable bonds is 4. The Bertz CT molecular complexity index is 655. The highest BCUT2D eigenvalue weighted by Crippen LogP contribution is 2.29. The molecular weight excluding hydrogens is 325 g/mol. The van der Waals surface area contributed by atoms with E-state index < -0.39 is 11.7 Å². The number of thiocarbonyl (C=S) groups is 1. The Morgan fingerprint density at radius 2 is 1.43 bits per heavy atom. The first-order valence-corrected chi connectivity index (χ1v) is 7.27. The molecule has 0 aliphatic heterocycles. The molecule has 122 valence electrons. The van der Waals surface area contributed by atoms with E-state index in [0.717, 1.165) is 23.6 Å². The maximum Gasteiger partial charge on any atom is 0.416 e. The molecule has 0 atom stereocenters. The van der Waals surface area contributed by atoms with Gasteiger partial charge in [0.25, 0.3) is 0 Å². The summed E-state index contributed by atoms with van der Waals surface area (Å²) in [5.41, 5.74) is 0.521. The summed E-state index contributed by atoms with van der Waals surface area (Å²) >= 11 is 5.13. The summed E-state index contributed by atoms with van der Waals surface area (Å²) in [6.07, 6.45) is -4.35. The second-order valence-corrected chi connectivity index (χ2v) is 5.02. The Labute approximate surface area is 137 Å². The Hall–Kier alpha value is -2.28. The summed E-state index contributed by atoms with van der Waals surface area (Å²) in [5.74, 6) is 0.750. The van der Waals surface area contributed by atoms with Gasteiger partial charge in [-0.3, -0.25) is 0 Å². The molecule has 2 aromatic carbocycles. The molecule has 2 aromatic rings. The largest absolute Gasteiger partial charge is 0.494 e. The molecule has 0 amide bonds. The monoisotopic (exact) mass is 340 g/mol. The molecular formula is C16H15F3N2OS. The predicted octanol–water partition coefficient (Wildman–Crippen LogP) is 4.91. The van der Waals surface area contributed by atoms with E-state index in [0.29, 0.717) is 12.3 Å². The molecule has 0 fully saturated rings. The van der Waals surface area contributed by atoms with Crippen molar-refractivity contribution in [3.8, 4) is 5.75 Å². The fraction of sp³-hybridized carbons (Fsp3) is 0.188. The third-order valence-electron chi connectivity index (χ3n) is 2.89. The van der Waals surface area contributed by atoms with Gasteiger partial charge in [0.2, 0.25) is 0 Å². The SMILES string of the molecule is CCOc1ccc(NC(=S)Nc2ccc(C(F)(F)F)cc2)cc1. The lowest BCUT2D eigenvalue weighted by atomic mass is 10.2. The van der Waals surface area contributed by atoms with Crippen molar-refractivity contribution < 1.29 is 17.9 Å². The Balaban J connectivity index is 1.94. The van der Waals surface area contributed by atoms with Crippen molar-refractivity contribution in [3.63, 3.8) is 0 Å². The number of benzene rings is 2. The summed E-state index contributed by atoms with van der Waals surface area (Å²) in [6.45, 7) is 2.48. The van der Waals surface area contributed by atoms with Crippen molar-refractivity contribution >= 4 is 28.7 Å². The van der Waals surface area contributed by atoms with E-state index in [2.05, 4.69) is 10.6 Å². The number of ether oxygens (including phenoxy) is 1. The quantitative estimate of drug-likeness (QED) is 0.775. The van der Waals surface area contributed by atoms with Crippen molar-refractivity contribution in [2.75, 3.05) is 17.2 Å². The van der Waals surface area contributed by atoms with E-state index in [9.17, 15) is 13.2 Å². The van der Waals surface area contributed by atoms with E-state index in [-0.39, 0.29) is 5.11 Å². The number of hydrogen-bond donors (Lipinski definition) is 2. The maximum atomic E-state index is 12.5. The summed E-state index contributed by atoms with van der Waals surface area (Å²) < 4.78 is 42.8. The van der Waals surface area contributed by atoms with Crippen molar-refractivity contribution in [2.24, 2.45) is 0 Å². The molecule has 2 N–H and O–H groups in total. The lowest BCUT2D eigenvalue weighted by Crippen LogP contribution is -2.19. The van der Waals surface area contributed by atoms with Crippen LogP contribution in [0.1, 0.15) is 12.5 Å². The Morgan fingerprint density at radius 3 is 1.87 bits per heavy atom. The highest BCUT2D eigenvalue weighted by atomic mass is 32.1. The third kappa shape index (κ3) is 5.14. The molecule has 2 rings (SSSR count). The van der Waals surface area contributed by atoms with E-state index >= 15 is 0 Å². The summed E-state index contributed by atoms with van der Waals surface area (Å²) in [4.78, 5) is 0. The first-order chi connectivity index (χ1) is 10.9. The number of anilines is 2. The Morgan fingerprint density at radius 1 is 0.957 bits per heavy atom. The van der Waals surface area contributed by atoms with Crippen molar-refractivity contribution in [1.29, 1.82) is 0 Å². The van der Waals surface area contributed by atoms with Gasteiger partial charge in [0.05, 0.1) is 12.2 Å².